The second-order valence-corrected chi connectivity index (χ2v) is 7.59. The molecule has 1 aliphatic rings. The van der Waals surface area contributed by atoms with Crippen molar-refractivity contribution in [3.8, 4) is 5.75 Å². The van der Waals surface area contributed by atoms with Crippen LogP contribution in [-0.2, 0) is 4.79 Å². The topological polar surface area (TPSA) is 44.8 Å². The van der Waals surface area contributed by atoms with Crippen LogP contribution in [0.1, 0.15) is 11.1 Å². The Kier molecular flexibility index (Phi) is 7.18. The highest BCUT2D eigenvalue weighted by atomic mass is 35.5. The number of nitrogens with one attached hydrogen (secondary N) is 1. The number of rotatable bonds is 7. The Morgan fingerprint density at radius 2 is 1.86 bits per heavy atom. The fourth-order valence-electron chi connectivity index (χ4n) is 3.43. The summed E-state index contributed by atoms with van der Waals surface area (Å²) >= 11 is 6.28. The first-order valence-electron chi connectivity index (χ1n) is 9.71. The van der Waals surface area contributed by atoms with Gasteiger partial charge >= 0.3 is 0 Å². The SMILES string of the molecule is Cc1ccc(OCCNC(=O)CN2CCN(c3ccccc3Cl)CC2)c(C)c1. The maximum Gasteiger partial charge on any atom is 0.234 e. The number of carbonyl (C=O) groups is 1. The van der Waals surface area contributed by atoms with Crippen molar-refractivity contribution in [2.24, 2.45) is 0 Å². The highest BCUT2D eigenvalue weighted by Crippen LogP contribution is 2.25. The van der Waals surface area contributed by atoms with Crippen molar-refractivity contribution >= 4 is 23.2 Å². The number of ether oxygens (including phenoxy) is 1. The number of aryl methyl sites for hydroxylation is 2. The third kappa shape index (κ3) is 5.63. The third-order valence-corrected chi connectivity index (χ3v) is 5.26. The lowest BCUT2D eigenvalue weighted by atomic mass is 10.1. The van der Waals surface area contributed by atoms with Crippen LogP contribution in [0.25, 0.3) is 0 Å². The lowest BCUT2D eigenvalue weighted by Crippen LogP contribution is -2.49. The first-order chi connectivity index (χ1) is 13.5. The minimum atomic E-state index is 0.0374. The molecule has 0 aliphatic carbocycles. The van der Waals surface area contributed by atoms with E-state index in [1.165, 1.54) is 5.56 Å². The number of anilines is 1. The molecule has 3 rings (SSSR count). The number of hydrogen-bond acceptors (Lipinski definition) is 4. The van der Waals surface area contributed by atoms with Crippen LogP contribution in [0, 0.1) is 13.8 Å². The molecule has 28 heavy (non-hydrogen) atoms. The van der Waals surface area contributed by atoms with Crippen LogP contribution >= 0.6 is 11.6 Å². The summed E-state index contributed by atoms with van der Waals surface area (Å²) in [4.78, 5) is 16.6. The summed E-state index contributed by atoms with van der Waals surface area (Å²) in [6.45, 7) is 8.91. The zero-order valence-corrected chi connectivity index (χ0v) is 17.3. The normalized spacial score (nSPS) is 14.8. The zero-order valence-electron chi connectivity index (χ0n) is 16.6. The van der Waals surface area contributed by atoms with Gasteiger partial charge in [0.2, 0.25) is 5.91 Å². The molecule has 0 bridgehead atoms. The molecule has 0 spiro atoms. The van der Waals surface area contributed by atoms with Crippen molar-refractivity contribution in [1.29, 1.82) is 0 Å². The Hall–Kier alpha value is -2.24. The van der Waals surface area contributed by atoms with E-state index in [2.05, 4.69) is 28.1 Å². The molecule has 1 N–H and O–H groups in total. The molecule has 2 aromatic rings. The van der Waals surface area contributed by atoms with Crippen molar-refractivity contribution in [1.82, 2.24) is 10.2 Å². The molecule has 5 nitrogen and oxygen atoms in total. The van der Waals surface area contributed by atoms with Gasteiger partial charge in [0.25, 0.3) is 0 Å². The number of halogens is 1. The van der Waals surface area contributed by atoms with Gasteiger partial charge in [-0.1, -0.05) is 41.4 Å². The maximum absolute atomic E-state index is 12.2. The van der Waals surface area contributed by atoms with Crippen molar-refractivity contribution in [2.75, 3.05) is 50.8 Å². The van der Waals surface area contributed by atoms with Gasteiger partial charge < -0.3 is 15.0 Å². The fraction of sp³-hybridized carbons (Fsp3) is 0.409. The summed E-state index contributed by atoms with van der Waals surface area (Å²) in [5.41, 5.74) is 3.40. The molecule has 1 amide bonds. The molecule has 1 heterocycles. The second kappa shape index (κ2) is 9.80. The summed E-state index contributed by atoms with van der Waals surface area (Å²) in [6.07, 6.45) is 0. The molecule has 0 unspecified atom stereocenters. The van der Waals surface area contributed by atoms with Gasteiger partial charge in [0.15, 0.2) is 0 Å². The smallest absolute Gasteiger partial charge is 0.234 e. The number of piperazine rings is 1. The molecule has 1 saturated heterocycles. The van der Waals surface area contributed by atoms with Gasteiger partial charge in [-0.25, -0.2) is 0 Å². The quantitative estimate of drug-likeness (QED) is 0.723. The van der Waals surface area contributed by atoms with Crippen LogP contribution < -0.4 is 15.0 Å². The lowest BCUT2D eigenvalue weighted by Gasteiger charge is -2.36. The molecule has 6 heteroatoms. The first kappa shape index (κ1) is 20.5. The average molecular weight is 402 g/mol. The van der Waals surface area contributed by atoms with E-state index < -0.39 is 0 Å². The third-order valence-electron chi connectivity index (χ3n) is 4.94. The number of carbonyl (C=O) groups excluding carboxylic acids is 1. The highest BCUT2D eigenvalue weighted by Gasteiger charge is 2.20. The highest BCUT2D eigenvalue weighted by molar-refractivity contribution is 6.33. The van der Waals surface area contributed by atoms with Crippen molar-refractivity contribution in [3.05, 3.63) is 58.6 Å². The van der Waals surface area contributed by atoms with Crippen LogP contribution in [0.5, 0.6) is 5.75 Å². The van der Waals surface area contributed by atoms with Crippen molar-refractivity contribution in [2.45, 2.75) is 13.8 Å². The van der Waals surface area contributed by atoms with Crippen LogP contribution in [0.15, 0.2) is 42.5 Å². The maximum atomic E-state index is 12.2. The van der Waals surface area contributed by atoms with Gasteiger partial charge in [-0.05, 0) is 37.6 Å². The van der Waals surface area contributed by atoms with Crippen molar-refractivity contribution < 1.29 is 9.53 Å². The molecule has 0 atom stereocenters. The van der Waals surface area contributed by atoms with Crippen LogP contribution in [-0.4, -0.2) is 56.7 Å². The van der Waals surface area contributed by atoms with E-state index in [0.29, 0.717) is 19.7 Å². The molecular formula is C22H28ClN3O2. The molecule has 0 radical (unpaired) electrons. The van der Waals surface area contributed by atoms with Crippen LogP contribution in [0.3, 0.4) is 0 Å². The second-order valence-electron chi connectivity index (χ2n) is 7.18. The molecular weight excluding hydrogens is 374 g/mol. The van der Waals surface area contributed by atoms with Crippen LogP contribution in [0.4, 0.5) is 5.69 Å². The molecule has 1 aliphatic heterocycles. The summed E-state index contributed by atoms with van der Waals surface area (Å²) in [5.74, 6) is 0.908. The average Bonchev–Trinajstić information content (AvgIpc) is 2.68. The Morgan fingerprint density at radius 3 is 2.57 bits per heavy atom. The summed E-state index contributed by atoms with van der Waals surface area (Å²) in [5, 5.41) is 3.72. The van der Waals surface area contributed by atoms with Gasteiger partial charge in [-0.2, -0.15) is 0 Å². The predicted octanol–water partition coefficient (Wildman–Crippen LogP) is 3.27. The molecule has 0 aromatic heterocycles. The Morgan fingerprint density at radius 1 is 1.11 bits per heavy atom. The van der Waals surface area contributed by atoms with E-state index in [0.717, 1.165) is 48.2 Å². The Labute approximate surface area is 172 Å². The predicted molar refractivity (Wildman–Crippen MR) is 115 cm³/mol. The largest absolute Gasteiger partial charge is 0.491 e. The molecule has 0 saturated carbocycles. The van der Waals surface area contributed by atoms with Crippen LogP contribution in [0.2, 0.25) is 5.02 Å². The number of para-hydroxylation sites is 1. The zero-order chi connectivity index (χ0) is 19.9. The number of amides is 1. The number of hydrogen-bond donors (Lipinski definition) is 1. The fourth-order valence-corrected chi connectivity index (χ4v) is 3.68. The monoisotopic (exact) mass is 401 g/mol. The molecule has 150 valence electrons. The molecule has 2 aromatic carbocycles. The van der Waals surface area contributed by atoms with Gasteiger partial charge in [-0.15, -0.1) is 0 Å². The Bertz CT molecular complexity index is 804. The Balaban J connectivity index is 1.35. The number of benzene rings is 2. The van der Waals surface area contributed by atoms with Crippen molar-refractivity contribution in [3.63, 3.8) is 0 Å². The molecule has 1 fully saturated rings. The summed E-state index contributed by atoms with van der Waals surface area (Å²) < 4.78 is 5.76. The van der Waals surface area contributed by atoms with E-state index in [-0.39, 0.29) is 5.91 Å². The lowest BCUT2D eigenvalue weighted by molar-refractivity contribution is -0.122. The van der Waals surface area contributed by atoms with Gasteiger partial charge in [0.05, 0.1) is 23.8 Å². The first-order valence-corrected chi connectivity index (χ1v) is 10.1. The van der Waals surface area contributed by atoms with Gasteiger partial charge in [0, 0.05) is 26.2 Å². The van der Waals surface area contributed by atoms with Gasteiger partial charge in [-0.3, -0.25) is 9.69 Å². The number of nitrogens with zero attached hydrogens (tertiary/aromatic N) is 2. The summed E-state index contributed by atoms with van der Waals surface area (Å²) in [7, 11) is 0. The standard InChI is InChI=1S/C22H28ClN3O2/c1-17-7-8-21(18(2)15-17)28-14-9-24-22(27)16-25-10-12-26(13-11-25)20-6-4-3-5-19(20)23/h3-8,15H,9-14,16H2,1-2H3,(H,24,27). The van der Waals surface area contributed by atoms with E-state index in [1.807, 2.05) is 43.3 Å². The van der Waals surface area contributed by atoms with E-state index >= 15 is 0 Å². The minimum Gasteiger partial charge on any atom is -0.491 e. The summed E-state index contributed by atoms with van der Waals surface area (Å²) in [6, 6.07) is 14.0. The van der Waals surface area contributed by atoms with Gasteiger partial charge in [0.1, 0.15) is 12.4 Å². The van der Waals surface area contributed by atoms with E-state index in [9.17, 15) is 4.79 Å². The minimum absolute atomic E-state index is 0.0374. The van der Waals surface area contributed by atoms with E-state index in [4.69, 9.17) is 16.3 Å². The van der Waals surface area contributed by atoms with E-state index in [1.54, 1.807) is 0 Å².